The lowest BCUT2D eigenvalue weighted by atomic mass is 9.53. The van der Waals surface area contributed by atoms with Crippen LogP contribution >= 0.6 is 0 Å². The van der Waals surface area contributed by atoms with Crippen molar-refractivity contribution >= 4 is 5.69 Å². The molecule has 0 radical (unpaired) electrons. The lowest BCUT2D eigenvalue weighted by molar-refractivity contribution is 0.0315. The Bertz CT molecular complexity index is 1160. The Hall–Kier alpha value is -2.63. The number of nitrogens with two attached hydrogens (primary N) is 1. The number of hydrogen-bond donors (Lipinski definition) is 1. The van der Waals surface area contributed by atoms with E-state index in [4.69, 9.17) is 19.8 Å². The van der Waals surface area contributed by atoms with Gasteiger partial charge in [-0.05, 0) is 80.4 Å². The molecule has 2 heterocycles. The van der Waals surface area contributed by atoms with Crippen LogP contribution < -0.4 is 5.73 Å². The number of rotatable bonds is 5. The molecule has 2 N–H and O–H groups in total. The second-order valence-corrected chi connectivity index (χ2v) is 11.8. The number of benzene rings is 1. The third-order valence-corrected chi connectivity index (χ3v) is 8.26. The molecule has 0 saturated heterocycles. The van der Waals surface area contributed by atoms with Gasteiger partial charge in [0.2, 0.25) is 5.89 Å². The predicted octanol–water partition coefficient (Wildman–Crippen LogP) is 6.39. The first-order chi connectivity index (χ1) is 15.8. The quantitative estimate of drug-likeness (QED) is 0.457. The number of fused-ring (bicyclic) bond motifs is 3. The van der Waals surface area contributed by atoms with E-state index in [9.17, 15) is 0 Å². The summed E-state index contributed by atoms with van der Waals surface area (Å²) in [6.45, 7) is 6.38. The minimum atomic E-state index is -0.136. The molecular weight excluding hydrogens is 412 g/mol. The Kier molecular flexibility index (Phi) is 4.72. The summed E-state index contributed by atoms with van der Waals surface area (Å²) in [6, 6.07) is 8.40. The zero-order chi connectivity index (χ0) is 22.8. The Balaban J connectivity index is 1.36. The molecule has 4 aliphatic carbocycles. The normalized spacial score (nSPS) is 27.2. The zero-order valence-electron chi connectivity index (χ0n) is 19.9. The first-order valence-corrected chi connectivity index (χ1v) is 12.5. The van der Waals surface area contributed by atoms with Crippen LogP contribution in [0.3, 0.4) is 0 Å². The summed E-state index contributed by atoms with van der Waals surface area (Å²) in [5, 5.41) is 8.94. The van der Waals surface area contributed by atoms with Crippen molar-refractivity contribution in [3.05, 3.63) is 47.3 Å². The van der Waals surface area contributed by atoms with E-state index in [1.165, 1.54) is 44.1 Å². The molecule has 6 nitrogen and oxygen atoms in total. The van der Waals surface area contributed by atoms with Gasteiger partial charge in [-0.25, -0.2) is 0 Å². The van der Waals surface area contributed by atoms with Crippen molar-refractivity contribution < 1.29 is 9.05 Å². The Labute approximate surface area is 195 Å². The van der Waals surface area contributed by atoms with Crippen LogP contribution in [0.5, 0.6) is 0 Å². The molecule has 2 aromatic heterocycles. The number of aromatic nitrogens is 3. The highest BCUT2D eigenvalue weighted by molar-refractivity contribution is 5.68. The molecule has 6 heteroatoms. The van der Waals surface area contributed by atoms with E-state index in [0.29, 0.717) is 11.8 Å². The van der Waals surface area contributed by atoms with Crippen LogP contribution in [0.1, 0.15) is 101 Å². The number of nitrogen functional groups attached to an aromatic ring is 1. The van der Waals surface area contributed by atoms with E-state index < -0.39 is 0 Å². The molecule has 0 spiro atoms. The van der Waals surface area contributed by atoms with Crippen LogP contribution in [-0.4, -0.2) is 15.3 Å². The maximum atomic E-state index is 6.22. The Morgan fingerprint density at radius 3 is 2.52 bits per heavy atom. The van der Waals surface area contributed by atoms with Gasteiger partial charge in [0.15, 0.2) is 5.82 Å². The molecule has 174 valence electrons. The maximum absolute atomic E-state index is 6.22. The molecule has 7 rings (SSSR count). The molecular formula is C27H34N4O2. The third-order valence-electron chi connectivity index (χ3n) is 8.26. The van der Waals surface area contributed by atoms with Crippen molar-refractivity contribution in [3.8, 4) is 11.3 Å². The van der Waals surface area contributed by atoms with Crippen LogP contribution in [0, 0.1) is 11.3 Å². The topological polar surface area (TPSA) is 91.0 Å². The second-order valence-electron chi connectivity index (χ2n) is 11.8. The summed E-state index contributed by atoms with van der Waals surface area (Å²) < 4.78 is 11.4. The van der Waals surface area contributed by atoms with Gasteiger partial charge < -0.3 is 14.8 Å². The van der Waals surface area contributed by atoms with Gasteiger partial charge >= 0.3 is 0 Å². The molecule has 1 aromatic carbocycles. The van der Waals surface area contributed by atoms with Crippen LogP contribution in [0.2, 0.25) is 0 Å². The molecule has 2 bridgehead atoms. The summed E-state index contributed by atoms with van der Waals surface area (Å²) in [7, 11) is 0. The highest BCUT2D eigenvalue weighted by Gasteiger charge is 2.50. The molecule has 0 amide bonds. The summed E-state index contributed by atoms with van der Waals surface area (Å²) >= 11 is 0. The fraction of sp³-hybridized carbons (Fsp3) is 0.593. The fourth-order valence-electron chi connectivity index (χ4n) is 6.12. The SMILES string of the molecule is CC(C)(C)c1nc(C2CC3CCC2(Cc2ccc(N)cc2-c2cc(C4CC4)on2)CC3)no1. The average molecular weight is 447 g/mol. The molecule has 4 aliphatic rings. The van der Waals surface area contributed by atoms with Gasteiger partial charge in [-0.15, -0.1) is 0 Å². The molecule has 33 heavy (non-hydrogen) atoms. The minimum Gasteiger partial charge on any atom is -0.399 e. The lowest BCUT2D eigenvalue weighted by Crippen LogP contribution is -2.42. The van der Waals surface area contributed by atoms with E-state index in [1.54, 1.807) is 0 Å². The van der Waals surface area contributed by atoms with Crippen LogP contribution in [0.4, 0.5) is 5.69 Å². The lowest BCUT2D eigenvalue weighted by Gasteiger charge is -2.51. The van der Waals surface area contributed by atoms with Gasteiger partial charge in [0.1, 0.15) is 11.5 Å². The van der Waals surface area contributed by atoms with E-state index >= 15 is 0 Å². The number of anilines is 1. The maximum Gasteiger partial charge on any atom is 0.232 e. The molecule has 4 fully saturated rings. The zero-order valence-corrected chi connectivity index (χ0v) is 19.9. The van der Waals surface area contributed by atoms with Gasteiger partial charge in [0.25, 0.3) is 0 Å². The summed E-state index contributed by atoms with van der Waals surface area (Å²) in [6.07, 6.45) is 9.53. The molecule has 4 saturated carbocycles. The van der Waals surface area contributed by atoms with Crippen molar-refractivity contribution in [1.82, 2.24) is 15.3 Å². The van der Waals surface area contributed by atoms with Gasteiger partial charge in [-0.1, -0.05) is 37.2 Å². The van der Waals surface area contributed by atoms with E-state index in [-0.39, 0.29) is 10.8 Å². The van der Waals surface area contributed by atoms with Crippen molar-refractivity contribution in [1.29, 1.82) is 0 Å². The van der Waals surface area contributed by atoms with Crippen LogP contribution in [-0.2, 0) is 11.8 Å². The summed E-state index contributed by atoms with van der Waals surface area (Å²) in [5.41, 5.74) is 10.3. The van der Waals surface area contributed by atoms with Crippen molar-refractivity contribution in [2.75, 3.05) is 5.73 Å². The molecule has 0 aliphatic heterocycles. The molecule has 1 atom stereocenters. The second kappa shape index (κ2) is 7.44. The van der Waals surface area contributed by atoms with Crippen molar-refractivity contribution in [2.24, 2.45) is 11.3 Å². The minimum absolute atomic E-state index is 0.136. The first-order valence-electron chi connectivity index (χ1n) is 12.5. The van der Waals surface area contributed by atoms with Gasteiger partial charge in [-0.3, -0.25) is 0 Å². The van der Waals surface area contributed by atoms with Gasteiger partial charge in [-0.2, -0.15) is 4.98 Å². The summed E-state index contributed by atoms with van der Waals surface area (Å²) in [5.74, 6) is 4.29. The Morgan fingerprint density at radius 2 is 1.82 bits per heavy atom. The van der Waals surface area contributed by atoms with E-state index in [0.717, 1.165) is 53.2 Å². The van der Waals surface area contributed by atoms with E-state index in [1.807, 2.05) is 6.07 Å². The fourth-order valence-corrected chi connectivity index (χ4v) is 6.12. The van der Waals surface area contributed by atoms with Crippen LogP contribution in [0.15, 0.2) is 33.3 Å². The highest BCUT2D eigenvalue weighted by atomic mass is 16.5. The Morgan fingerprint density at radius 1 is 1.03 bits per heavy atom. The number of hydrogen-bond acceptors (Lipinski definition) is 6. The highest BCUT2D eigenvalue weighted by Crippen LogP contribution is 2.59. The third kappa shape index (κ3) is 3.77. The van der Waals surface area contributed by atoms with Crippen molar-refractivity contribution in [2.45, 2.75) is 89.4 Å². The summed E-state index contributed by atoms with van der Waals surface area (Å²) in [4.78, 5) is 4.91. The van der Waals surface area contributed by atoms with E-state index in [2.05, 4.69) is 49.3 Å². The standard InChI is InChI=1S/C27H34N4O2/c1-26(2,3)25-29-24(31-33-25)21-12-16-8-10-27(21,11-9-16)15-18-6-7-19(28)13-20(18)22-14-23(32-30-22)17-4-5-17/h6-7,13-14,16-17,21H,4-5,8-12,15,28H2,1-3H3. The first kappa shape index (κ1) is 20.9. The van der Waals surface area contributed by atoms with Crippen LogP contribution in [0.25, 0.3) is 11.3 Å². The van der Waals surface area contributed by atoms with Gasteiger partial charge in [0.05, 0.1) is 0 Å². The molecule has 3 aromatic rings. The molecule has 1 unspecified atom stereocenters. The number of nitrogens with zero attached hydrogens (tertiary/aromatic N) is 3. The average Bonchev–Trinajstić information content (AvgIpc) is 3.31. The smallest absolute Gasteiger partial charge is 0.232 e. The van der Waals surface area contributed by atoms with Gasteiger partial charge in [0, 0.05) is 34.6 Å². The predicted molar refractivity (Wildman–Crippen MR) is 127 cm³/mol. The van der Waals surface area contributed by atoms with Crippen molar-refractivity contribution in [3.63, 3.8) is 0 Å². The monoisotopic (exact) mass is 446 g/mol. The largest absolute Gasteiger partial charge is 0.399 e.